The van der Waals surface area contributed by atoms with E-state index in [0.717, 1.165) is 17.1 Å². The molecule has 9 aromatic carbocycles. The van der Waals surface area contributed by atoms with Gasteiger partial charge in [0.1, 0.15) is 0 Å². The molecule has 0 heterocycles. The minimum Gasteiger partial charge on any atom is -0.310 e. The molecule has 0 fully saturated rings. The van der Waals surface area contributed by atoms with Crippen molar-refractivity contribution in [3.63, 3.8) is 0 Å². The van der Waals surface area contributed by atoms with Crippen molar-refractivity contribution in [3.05, 3.63) is 200 Å². The van der Waals surface area contributed by atoms with Crippen LogP contribution < -0.4 is 4.90 Å². The van der Waals surface area contributed by atoms with Gasteiger partial charge in [-0.15, -0.1) is 0 Å². The maximum absolute atomic E-state index is 2.42. The Morgan fingerprint density at radius 2 is 0.816 bits per heavy atom. The molecular weight excluding hydrogens is 591 g/mol. The van der Waals surface area contributed by atoms with Crippen molar-refractivity contribution in [2.24, 2.45) is 0 Å². The highest BCUT2D eigenvalue weighted by Crippen LogP contribution is 2.43. The van der Waals surface area contributed by atoms with Crippen LogP contribution in [-0.2, 0) is 0 Å². The molecule has 0 atom stereocenters. The first kappa shape index (κ1) is 28.8. The second-order valence-electron chi connectivity index (χ2n) is 12.6. The Bertz CT molecular complexity index is 2590. The molecule has 0 saturated heterocycles. The molecule has 0 aliphatic carbocycles. The summed E-state index contributed by atoms with van der Waals surface area (Å²) in [6.07, 6.45) is 0. The fraction of sp³-hybridized carbons (Fsp3) is 0. The van der Waals surface area contributed by atoms with Crippen LogP contribution in [0, 0.1) is 0 Å². The minimum atomic E-state index is 1.11. The molecule has 9 rings (SSSR count). The zero-order valence-corrected chi connectivity index (χ0v) is 27.0. The highest BCUT2D eigenvalue weighted by Gasteiger charge is 2.18. The molecule has 0 N–H and O–H groups in total. The lowest BCUT2D eigenvalue weighted by Gasteiger charge is -2.28. The van der Waals surface area contributed by atoms with Crippen molar-refractivity contribution in [2.45, 2.75) is 0 Å². The van der Waals surface area contributed by atoms with Crippen molar-refractivity contribution in [2.75, 3.05) is 4.90 Å². The van der Waals surface area contributed by atoms with Crippen LogP contribution in [0.1, 0.15) is 0 Å². The Labute approximate surface area is 287 Å². The third-order valence-electron chi connectivity index (χ3n) is 9.63. The molecule has 49 heavy (non-hydrogen) atoms. The van der Waals surface area contributed by atoms with Gasteiger partial charge in [-0.2, -0.15) is 0 Å². The van der Waals surface area contributed by atoms with Gasteiger partial charge < -0.3 is 4.90 Å². The number of rotatable bonds is 6. The highest BCUT2D eigenvalue weighted by atomic mass is 15.1. The second-order valence-corrected chi connectivity index (χ2v) is 12.6. The largest absolute Gasteiger partial charge is 0.310 e. The van der Waals surface area contributed by atoms with Crippen molar-refractivity contribution in [1.29, 1.82) is 0 Å². The number of fused-ring (bicyclic) bond motifs is 4. The first-order valence-electron chi connectivity index (χ1n) is 16.8. The zero-order chi connectivity index (χ0) is 32.6. The van der Waals surface area contributed by atoms with E-state index < -0.39 is 0 Å². The van der Waals surface area contributed by atoms with E-state index in [1.165, 1.54) is 65.7 Å². The lowest BCUT2D eigenvalue weighted by Crippen LogP contribution is -2.10. The smallest absolute Gasteiger partial charge is 0.0546 e. The summed E-state index contributed by atoms with van der Waals surface area (Å²) < 4.78 is 0. The maximum atomic E-state index is 2.42. The summed E-state index contributed by atoms with van der Waals surface area (Å²) in [6, 6.07) is 72.5. The number of anilines is 3. The SMILES string of the molecule is c1ccc(-c2ccc(-c3ccc(N(c4ccc5ccccc5c4)c4cc5ccccc5c5ccccc45)cc3)cc2-c2ccccc2)cc1. The van der Waals surface area contributed by atoms with Crippen LogP contribution in [0.5, 0.6) is 0 Å². The highest BCUT2D eigenvalue weighted by molar-refractivity contribution is 6.14. The molecule has 0 aliphatic rings. The normalized spacial score (nSPS) is 11.3. The molecular formula is C48H33N. The molecule has 230 valence electrons. The van der Waals surface area contributed by atoms with E-state index in [1.54, 1.807) is 0 Å². The molecule has 9 aromatic rings. The third-order valence-corrected chi connectivity index (χ3v) is 9.63. The van der Waals surface area contributed by atoms with Crippen LogP contribution in [0.4, 0.5) is 17.1 Å². The zero-order valence-electron chi connectivity index (χ0n) is 27.0. The molecule has 0 saturated carbocycles. The van der Waals surface area contributed by atoms with Crippen LogP contribution in [0.15, 0.2) is 200 Å². The molecule has 0 aliphatic heterocycles. The van der Waals surface area contributed by atoms with Gasteiger partial charge in [-0.25, -0.2) is 0 Å². The third kappa shape index (κ3) is 5.32. The number of hydrogen-bond acceptors (Lipinski definition) is 1. The number of hydrogen-bond donors (Lipinski definition) is 0. The summed E-state index contributed by atoms with van der Waals surface area (Å²) >= 11 is 0. The van der Waals surface area contributed by atoms with Gasteiger partial charge in [0, 0.05) is 16.8 Å². The van der Waals surface area contributed by atoms with Gasteiger partial charge in [-0.05, 0) is 96.7 Å². The fourth-order valence-electron chi connectivity index (χ4n) is 7.22. The van der Waals surface area contributed by atoms with Crippen LogP contribution in [0.2, 0.25) is 0 Å². The van der Waals surface area contributed by atoms with E-state index in [4.69, 9.17) is 0 Å². The van der Waals surface area contributed by atoms with Gasteiger partial charge in [-0.3, -0.25) is 0 Å². The van der Waals surface area contributed by atoms with Gasteiger partial charge in [0.05, 0.1) is 5.69 Å². The molecule has 0 unspecified atom stereocenters. The predicted octanol–water partition coefficient (Wildman–Crippen LogP) is 13.6. The van der Waals surface area contributed by atoms with E-state index in [0.29, 0.717) is 0 Å². The predicted molar refractivity (Wildman–Crippen MR) is 210 cm³/mol. The van der Waals surface area contributed by atoms with Crippen LogP contribution in [0.25, 0.3) is 65.7 Å². The van der Waals surface area contributed by atoms with Gasteiger partial charge in [-0.1, -0.05) is 164 Å². The summed E-state index contributed by atoms with van der Waals surface area (Å²) in [7, 11) is 0. The summed E-state index contributed by atoms with van der Waals surface area (Å²) in [5, 5.41) is 7.43. The molecule has 0 radical (unpaired) electrons. The van der Waals surface area contributed by atoms with E-state index in [2.05, 4.69) is 205 Å². The molecule has 0 aromatic heterocycles. The van der Waals surface area contributed by atoms with Crippen molar-refractivity contribution in [1.82, 2.24) is 0 Å². The topological polar surface area (TPSA) is 3.24 Å². The monoisotopic (exact) mass is 623 g/mol. The van der Waals surface area contributed by atoms with E-state index in [9.17, 15) is 0 Å². The quantitative estimate of drug-likeness (QED) is 0.167. The molecule has 0 amide bonds. The Balaban J connectivity index is 1.20. The van der Waals surface area contributed by atoms with Crippen molar-refractivity contribution in [3.8, 4) is 33.4 Å². The van der Waals surface area contributed by atoms with Crippen molar-refractivity contribution >= 4 is 49.4 Å². The Morgan fingerprint density at radius 3 is 1.55 bits per heavy atom. The Morgan fingerprint density at radius 1 is 0.265 bits per heavy atom. The standard InChI is InChI=1S/C48H33N/c1-3-14-36(15-4-1)44-30-26-39(32-47(44)37-16-5-2-6-17-37)35-23-27-41(28-24-35)49(42-29-25-34-13-7-8-18-38(34)31-42)48-33-40-19-9-10-20-43(40)45-21-11-12-22-46(45)48/h1-33H. The first-order chi connectivity index (χ1) is 24.3. The number of benzene rings is 9. The van der Waals surface area contributed by atoms with Crippen LogP contribution >= 0.6 is 0 Å². The fourth-order valence-corrected chi connectivity index (χ4v) is 7.22. The van der Waals surface area contributed by atoms with Crippen molar-refractivity contribution < 1.29 is 0 Å². The summed E-state index contributed by atoms with van der Waals surface area (Å²) in [5.74, 6) is 0. The first-order valence-corrected chi connectivity index (χ1v) is 16.8. The number of nitrogens with zero attached hydrogens (tertiary/aromatic N) is 1. The lowest BCUT2D eigenvalue weighted by molar-refractivity contribution is 1.31. The van der Waals surface area contributed by atoms with Gasteiger partial charge >= 0.3 is 0 Å². The molecule has 1 nitrogen and oxygen atoms in total. The summed E-state index contributed by atoms with van der Waals surface area (Å²) in [6.45, 7) is 0. The average Bonchev–Trinajstić information content (AvgIpc) is 3.19. The average molecular weight is 624 g/mol. The maximum Gasteiger partial charge on any atom is 0.0546 e. The van der Waals surface area contributed by atoms with Crippen LogP contribution in [-0.4, -0.2) is 0 Å². The van der Waals surface area contributed by atoms with Gasteiger partial charge in [0.15, 0.2) is 0 Å². The van der Waals surface area contributed by atoms with E-state index >= 15 is 0 Å². The van der Waals surface area contributed by atoms with E-state index in [-0.39, 0.29) is 0 Å². The summed E-state index contributed by atoms with van der Waals surface area (Å²) in [5.41, 5.74) is 10.7. The Kier molecular flexibility index (Phi) is 7.22. The molecule has 1 heteroatoms. The molecule has 0 bridgehead atoms. The van der Waals surface area contributed by atoms with E-state index in [1.807, 2.05) is 0 Å². The van der Waals surface area contributed by atoms with Gasteiger partial charge in [0.2, 0.25) is 0 Å². The lowest BCUT2D eigenvalue weighted by atomic mass is 9.91. The van der Waals surface area contributed by atoms with Gasteiger partial charge in [0.25, 0.3) is 0 Å². The Hall–Kier alpha value is -6.44. The van der Waals surface area contributed by atoms with Crippen LogP contribution in [0.3, 0.4) is 0 Å². The molecule has 0 spiro atoms. The summed E-state index contributed by atoms with van der Waals surface area (Å²) in [4.78, 5) is 2.42. The second kappa shape index (κ2) is 12.3. The minimum absolute atomic E-state index is 1.11.